The predicted molar refractivity (Wildman–Crippen MR) is 131 cm³/mol. The van der Waals surface area contributed by atoms with E-state index in [4.69, 9.17) is 15.0 Å². The zero-order valence-corrected chi connectivity index (χ0v) is 20.9. The number of carbonyl (C=O) groups excluding carboxylic acids is 1. The minimum atomic E-state index is -1.23. The monoisotopic (exact) mass is 553 g/mol. The van der Waals surface area contributed by atoms with Crippen LogP contribution in [0, 0.1) is 5.92 Å². The molecule has 17 heteroatoms. The van der Waals surface area contributed by atoms with E-state index < -0.39 is 72.8 Å². The minimum Gasteiger partial charge on any atom is -0.396 e. The van der Waals surface area contributed by atoms with Crippen LogP contribution in [0.2, 0.25) is 0 Å². The molecule has 4 rings (SSSR count). The van der Waals surface area contributed by atoms with Crippen LogP contribution in [-0.2, 0) is 14.3 Å². The number of hydrogen-bond donors (Lipinski definition) is 7. The summed E-state index contributed by atoms with van der Waals surface area (Å²) in [5, 5.41) is 53.8. The van der Waals surface area contributed by atoms with Crippen LogP contribution in [0.25, 0.3) is 10.4 Å². The van der Waals surface area contributed by atoms with E-state index in [0.29, 0.717) is 5.82 Å². The maximum Gasteiger partial charge on any atom is 0.330 e. The standard InChI is InChI=1S/C11H15N5O4.C11H16N2O6/c1-7-13-9(19)2-3-16(7)10-4-11(6-18,14-15-12)8(5-17)20-10;1-5(15)8-6(4-14)19-10(9(8)17)13-3-2-7(16)12-11(13)18/h2-3,8,10,17-18H,1,4-6H2,(H,13,19);2-3,5-6,8-10,14-15,17H,4H2,1H3,(H,12,16,18)/t8-,10-,11+;5?,6-,8-,9-,10-/m11/s1. The predicted octanol–water partition coefficient (Wildman–Crippen LogP) is -2.66. The van der Waals surface area contributed by atoms with Crippen LogP contribution in [0.1, 0.15) is 19.6 Å². The lowest BCUT2D eigenvalue weighted by Crippen LogP contribution is -2.42. The third kappa shape index (κ3) is 6.21. The van der Waals surface area contributed by atoms with Gasteiger partial charge in [0.15, 0.2) is 6.23 Å². The molecule has 39 heavy (non-hydrogen) atoms. The van der Waals surface area contributed by atoms with E-state index in [1.54, 1.807) is 4.90 Å². The number of aliphatic hydroxyl groups excluding tert-OH is 5. The molecule has 1 unspecified atom stereocenters. The molecule has 1 aromatic heterocycles. The first-order chi connectivity index (χ1) is 18.5. The molecule has 0 spiro atoms. The van der Waals surface area contributed by atoms with Gasteiger partial charge in [-0.3, -0.25) is 19.1 Å². The number of hydrogen-bond acceptors (Lipinski definition) is 12. The number of aromatic amines is 1. The lowest BCUT2D eigenvalue weighted by atomic mass is 9.92. The first-order valence-electron chi connectivity index (χ1n) is 11.9. The average Bonchev–Trinajstić information content (AvgIpc) is 3.42. The van der Waals surface area contributed by atoms with Crippen LogP contribution < -0.4 is 16.6 Å². The van der Waals surface area contributed by atoms with Crippen LogP contribution in [0.15, 0.2) is 51.6 Å². The Kier molecular flexibility index (Phi) is 9.65. The van der Waals surface area contributed by atoms with E-state index in [9.17, 15) is 39.9 Å². The SMILES string of the molecule is C=C1NC(=O)C=CN1[C@H]1C[C@@](CO)(N=[N+]=[N-])[C@@H](CO)O1.CC(O)[C@H]1[C@@H](O)[C@H](n2ccc(=O)[nH]c2=O)O[C@@H]1CO. The summed E-state index contributed by atoms with van der Waals surface area (Å²) in [5.74, 6) is -0.700. The van der Waals surface area contributed by atoms with Crippen molar-refractivity contribution in [2.24, 2.45) is 11.0 Å². The molecule has 0 saturated carbocycles. The number of amides is 1. The van der Waals surface area contributed by atoms with Gasteiger partial charge in [0.1, 0.15) is 23.7 Å². The summed E-state index contributed by atoms with van der Waals surface area (Å²) >= 11 is 0. The van der Waals surface area contributed by atoms with Gasteiger partial charge in [-0.1, -0.05) is 11.7 Å². The number of H-pyrrole nitrogens is 1. The first kappa shape index (κ1) is 30.0. The maximum absolute atomic E-state index is 11.6. The van der Waals surface area contributed by atoms with E-state index in [1.807, 2.05) is 4.98 Å². The molecule has 17 nitrogen and oxygen atoms in total. The van der Waals surface area contributed by atoms with Crippen molar-refractivity contribution >= 4 is 5.91 Å². The fraction of sp³-hybridized carbons (Fsp3) is 0.591. The Morgan fingerprint density at radius 2 is 2.00 bits per heavy atom. The Hall–Kier alpha value is -3.54. The maximum atomic E-state index is 11.6. The summed E-state index contributed by atoms with van der Waals surface area (Å²) in [7, 11) is 0. The van der Waals surface area contributed by atoms with Crippen molar-refractivity contribution in [3.05, 3.63) is 68.2 Å². The molecule has 4 heterocycles. The Bertz CT molecular complexity index is 1240. The van der Waals surface area contributed by atoms with Crippen molar-refractivity contribution < 1.29 is 39.8 Å². The largest absolute Gasteiger partial charge is 0.396 e. The Balaban J connectivity index is 0.000000216. The number of aliphatic hydroxyl groups is 5. The van der Waals surface area contributed by atoms with Crippen molar-refractivity contribution in [1.82, 2.24) is 19.8 Å². The number of nitrogens with zero attached hydrogens (tertiary/aromatic N) is 5. The van der Waals surface area contributed by atoms with Gasteiger partial charge in [-0.05, 0) is 12.5 Å². The highest BCUT2D eigenvalue weighted by molar-refractivity contribution is 5.89. The van der Waals surface area contributed by atoms with Gasteiger partial charge < -0.3 is 45.2 Å². The fourth-order valence-electron chi connectivity index (χ4n) is 4.70. The van der Waals surface area contributed by atoms with Crippen molar-refractivity contribution in [2.45, 2.75) is 55.8 Å². The molecule has 214 valence electrons. The van der Waals surface area contributed by atoms with E-state index in [2.05, 4.69) is 21.9 Å². The van der Waals surface area contributed by atoms with Crippen LogP contribution in [0.3, 0.4) is 0 Å². The summed E-state index contributed by atoms with van der Waals surface area (Å²) in [5.41, 5.74) is 6.12. The lowest BCUT2D eigenvalue weighted by Gasteiger charge is -2.31. The smallest absolute Gasteiger partial charge is 0.330 e. The molecule has 2 saturated heterocycles. The molecular formula is C22H31N7O10. The van der Waals surface area contributed by atoms with Crippen LogP contribution in [0.5, 0.6) is 0 Å². The third-order valence-corrected chi connectivity index (χ3v) is 6.70. The van der Waals surface area contributed by atoms with Gasteiger partial charge in [-0.15, -0.1) is 0 Å². The topological polar surface area (TPSA) is 256 Å². The Morgan fingerprint density at radius 1 is 1.28 bits per heavy atom. The third-order valence-electron chi connectivity index (χ3n) is 6.70. The summed E-state index contributed by atoms with van der Waals surface area (Å²) in [6.07, 6.45) is -1.17. The van der Waals surface area contributed by atoms with E-state index in [0.717, 1.165) is 10.6 Å². The van der Waals surface area contributed by atoms with Crippen LogP contribution in [-0.4, -0.2) is 102 Å². The number of carbonyl (C=O) groups is 1. The molecule has 3 aliphatic heterocycles. The van der Waals surface area contributed by atoms with Gasteiger partial charge in [-0.2, -0.15) is 0 Å². The lowest BCUT2D eigenvalue weighted by molar-refractivity contribution is -0.117. The second-order valence-electron chi connectivity index (χ2n) is 9.15. The molecule has 0 radical (unpaired) electrons. The molecule has 0 aromatic carbocycles. The summed E-state index contributed by atoms with van der Waals surface area (Å²) < 4.78 is 12.0. The van der Waals surface area contributed by atoms with Crippen molar-refractivity contribution in [2.75, 3.05) is 19.8 Å². The molecule has 1 aromatic rings. The van der Waals surface area contributed by atoms with Crippen molar-refractivity contribution in [3.63, 3.8) is 0 Å². The van der Waals surface area contributed by atoms with Gasteiger partial charge >= 0.3 is 5.69 Å². The van der Waals surface area contributed by atoms with Gasteiger partial charge in [0, 0.05) is 41.8 Å². The van der Waals surface area contributed by atoms with Gasteiger partial charge in [0.2, 0.25) is 0 Å². The zero-order valence-electron chi connectivity index (χ0n) is 20.9. The Morgan fingerprint density at radius 3 is 2.51 bits per heavy atom. The molecule has 1 amide bonds. The number of ether oxygens (including phenoxy) is 2. The highest BCUT2D eigenvalue weighted by atomic mass is 16.5. The number of azide groups is 1. The molecule has 8 atom stereocenters. The summed E-state index contributed by atoms with van der Waals surface area (Å²) in [4.78, 5) is 40.1. The molecule has 0 aliphatic carbocycles. The minimum absolute atomic E-state index is 0.165. The van der Waals surface area contributed by atoms with Crippen molar-refractivity contribution in [3.8, 4) is 0 Å². The molecule has 2 fully saturated rings. The van der Waals surface area contributed by atoms with E-state index in [1.165, 1.54) is 25.4 Å². The van der Waals surface area contributed by atoms with Crippen LogP contribution >= 0.6 is 0 Å². The fourth-order valence-corrected chi connectivity index (χ4v) is 4.70. The number of nitrogens with one attached hydrogen (secondary N) is 2. The zero-order chi connectivity index (χ0) is 28.9. The average molecular weight is 554 g/mol. The number of rotatable bonds is 7. The molecule has 7 N–H and O–H groups in total. The van der Waals surface area contributed by atoms with Crippen molar-refractivity contribution in [1.29, 1.82) is 0 Å². The molecule has 3 aliphatic rings. The summed E-state index contributed by atoms with van der Waals surface area (Å²) in [6, 6.07) is 1.13. The second-order valence-corrected chi connectivity index (χ2v) is 9.15. The van der Waals surface area contributed by atoms with Gasteiger partial charge in [0.25, 0.3) is 11.5 Å². The highest BCUT2D eigenvalue weighted by Crippen LogP contribution is 2.37. The Labute approximate surface area is 220 Å². The first-order valence-corrected chi connectivity index (χ1v) is 11.9. The molecule has 0 bridgehead atoms. The van der Waals surface area contributed by atoms with Crippen LogP contribution in [0.4, 0.5) is 0 Å². The second kappa shape index (κ2) is 12.5. The number of aromatic nitrogens is 2. The van der Waals surface area contributed by atoms with E-state index in [-0.39, 0.29) is 18.9 Å². The summed E-state index contributed by atoms with van der Waals surface area (Å²) in [6.45, 7) is 3.93. The molecular weight excluding hydrogens is 522 g/mol. The van der Waals surface area contributed by atoms with E-state index >= 15 is 0 Å². The highest BCUT2D eigenvalue weighted by Gasteiger charge is 2.50. The normalized spacial score (nSPS) is 32.7. The van der Waals surface area contributed by atoms with Gasteiger partial charge in [-0.25, -0.2) is 4.79 Å². The van der Waals surface area contributed by atoms with Gasteiger partial charge in [0.05, 0.1) is 38.1 Å². The quantitative estimate of drug-likeness (QED) is 0.104.